The number of hydrogen-bond acceptors (Lipinski definition) is 11. The van der Waals surface area contributed by atoms with Crippen LogP contribution < -0.4 is 26.3 Å². The smallest absolute Gasteiger partial charge is 0.222 e. The maximum Gasteiger partial charge on any atom is 0.222 e. The van der Waals surface area contributed by atoms with E-state index in [1.165, 1.54) is 5.56 Å². The van der Waals surface area contributed by atoms with Crippen LogP contribution >= 0.6 is 0 Å². The van der Waals surface area contributed by atoms with Crippen molar-refractivity contribution >= 4 is 22.8 Å². The van der Waals surface area contributed by atoms with Crippen LogP contribution in [0.5, 0.6) is 17.2 Å². The van der Waals surface area contributed by atoms with Crippen LogP contribution in [0.4, 0.5) is 11.8 Å². The topological polar surface area (TPSA) is 153 Å². The molecule has 5 rings (SSSR count). The third-order valence-corrected chi connectivity index (χ3v) is 7.39. The second kappa shape index (κ2) is 13.8. The lowest BCUT2D eigenvalue weighted by Crippen LogP contribution is -2.46. The van der Waals surface area contributed by atoms with E-state index in [2.05, 4.69) is 44.1 Å². The normalized spacial score (nSPS) is 15.1. The van der Waals surface area contributed by atoms with Gasteiger partial charge >= 0.3 is 0 Å². The van der Waals surface area contributed by atoms with Gasteiger partial charge in [0, 0.05) is 50.9 Å². The highest BCUT2D eigenvalue weighted by Gasteiger charge is 2.17. The summed E-state index contributed by atoms with van der Waals surface area (Å²) in [7, 11) is 1.64. The Labute approximate surface area is 246 Å². The van der Waals surface area contributed by atoms with Crippen LogP contribution in [-0.4, -0.2) is 87.3 Å². The van der Waals surface area contributed by atoms with E-state index in [4.69, 9.17) is 31.1 Å². The summed E-state index contributed by atoms with van der Waals surface area (Å²) in [5.74, 6) is 2.83. The highest BCUT2D eigenvalue weighted by molar-refractivity contribution is 5.85. The van der Waals surface area contributed by atoms with E-state index < -0.39 is 0 Å². The Balaban J connectivity index is 1.23. The van der Waals surface area contributed by atoms with Crippen molar-refractivity contribution in [2.45, 2.75) is 39.0 Å². The van der Waals surface area contributed by atoms with Gasteiger partial charge in [0.25, 0.3) is 0 Å². The minimum absolute atomic E-state index is 0.164. The summed E-state index contributed by atoms with van der Waals surface area (Å²) in [6, 6.07) is 14.0. The Hall–Kier alpha value is -3.97. The number of nitrogen functional groups attached to an aromatic ring is 1. The van der Waals surface area contributed by atoms with Crippen molar-refractivity contribution in [1.82, 2.24) is 29.5 Å². The summed E-state index contributed by atoms with van der Waals surface area (Å²) in [6.07, 6.45) is 3.33. The van der Waals surface area contributed by atoms with Gasteiger partial charge in [-0.05, 0) is 36.2 Å². The fraction of sp³-hybridized carbons (Fsp3) is 0.433. The molecular weight excluding hydrogens is 534 g/mol. The van der Waals surface area contributed by atoms with Crippen molar-refractivity contribution in [3.63, 3.8) is 0 Å². The van der Waals surface area contributed by atoms with Gasteiger partial charge in [-0.15, -0.1) is 0 Å². The molecule has 0 amide bonds. The molecule has 0 bridgehead atoms. The van der Waals surface area contributed by atoms with Gasteiger partial charge in [0.1, 0.15) is 22.8 Å². The predicted octanol–water partition coefficient (Wildman–Crippen LogP) is 2.86. The number of methoxy groups -OCH3 is 1. The third kappa shape index (κ3) is 7.45. The number of nitrogens with one attached hydrogen (secondary N) is 1. The predicted molar refractivity (Wildman–Crippen MR) is 164 cm³/mol. The Morgan fingerprint density at radius 1 is 1.00 bits per heavy atom. The van der Waals surface area contributed by atoms with E-state index in [-0.39, 0.29) is 18.7 Å². The van der Waals surface area contributed by atoms with Crippen LogP contribution in [0.2, 0.25) is 0 Å². The number of hydrogen-bond donors (Lipinski definition) is 4. The van der Waals surface area contributed by atoms with Crippen molar-refractivity contribution in [2.75, 3.05) is 57.5 Å². The van der Waals surface area contributed by atoms with Gasteiger partial charge in [-0.25, -0.2) is 4.98 Å². The number of aliphatic hydroxyl groups excluding tert-OH is 1. The number of benzene rings is 2. The van der Waals surface area contributed by atoms with E-state index in [0.29, 0.717) is 34.9 Å². The number of aromatic nitrogens is 4. The van der Waals surface area contributed by atoms with E-state index in [9.17, 15) is 0 Å². The van der Waals surface area contributed by atoms with E-state index in [1.807, 2.05) is 36.5 Å². The Bertz CT molecular complexity index is 1450. The highest BCUT2D eigenvalue weighted by Crippen LogP contribution is 2.30. The number of anilines is 2. The molecule has 42 heavy (non-hydrogen) atoms. The Kier molecular flexibility index (Phi) is 9.70. The number of piperazine rings is 1. The summed E-state index contributed by atoms with van der Waals surface area (Å²) in [4.78, 5) is 13.4. The van der Waals surface area contributed by atoms with Gasteiger partial charge in [-0.2, -0.15) is 10.1 Å². The second-order valence-electron chi connectivity index (χ2n) is 10.6. The van der Waals surface area contributed by atoms with Crippen molar-refractivity contribution in [2.24, 2.45) is 5.73 Å². The molecule has 0 saturated carbocycles. The number of ether oxygens (including phenoxy) is 2. The van der Waals surface area contributed by atoms with Gasteiger partial charge in [-0.1, -0.05) is 25.5 Å². The van der Waals surface area contributed by atoms with Crippen molar-refractivity contribution in [1.29, 1.82) is 0 Å². The first kappa shape index (κ1) is 29.5. The summed E-state index contributed by atoms with van der Waals surface area (Å²) >= 11 is 0. The fourth-order valence-electron chi connectivity index (χ4n) is 5.18. The molecule has 6 N–H and O–H groups in total. The van der Waals surface area contributed by atoms with Gasteiger partial charge in [-0.3, -0.25) is 14.5 Å². The number of aliphatic hydroxyl groups is 1. The van der Waals surface area contributed by atoms with E-state index in [1.54, 1.807) is 11.8 Å². The molecule has 1 unspecified atom stereocenters. The first-order chi connectivity index (χ1) is 20.4. The van der Waals surface area contributed by atoms with E-state index in [0.717, 1.165) is 63.4 Å². The number of nitrogens with zero attached hydrogens (tertiary/aromatic N) is 6. The molecule has 0 spiro atoms. The molecule has 1 aliphatic heterocycles. The molecule has 224 valence electrons. The average molecular weight is 576 g/mol. The summed E-state index contributed by atoms with van der Waals surface area (Å²) in [6.45, 7) is 8.41. The molecule has 1 aliphatic rings. The van der Waals surface area contributed by atoms with E-state index >= 15 is 0 Å². The third-order valence-electron chi connectivity index (χ3n) is 7.39. The molecular formula is C30H41N9O3. The minimum Gasteiger partial charge on any atom is -0.496 e. The minimum atomic E-state index is -0.250. The Morgan fingerprint density at radius 2 is 1.74 bits per heavy atom. The molecule has 1 fully saturated rings. The summed E-state index contributed by atoms with van der Waals surface area (Å²) < 4.78 is 13.6. The molecule has 0 aliphatic carbocycles. The first-order valence-electron chi connectivity index (χ1n) is 14.5. The fourth-order valence-corrected chi connectivity index (χ4v) is 5.18. The maximum absolute atomic E-state index is 9.14. The molecule has 1 saturated heterocycles. The number of nitrogens with two attached hydrogens (primary N) is 2. The highest BCUT2D eigenvalue weighted by atomic mass is 16.5. The molecule has 1 atom stereocenters. The lowest BCUT2D eigenvalue weighted by Gasteiger charge is -2.34. The first-order valence-corrected chi connectivity index (χ1v) is 14.5. The summed E-state index contributed by atoms with van der Waals surface area (Å²) in [5.41, 5.74) is 15.5. The van der Waals surface area contributed by atoms with Crippen LogP contribution in [0.1, 0.15) is 30.9 Å². The largest absolute Gasteiger partial charge is 0.496 e. The van der Waals surface area contributed by atoms with Crippen molar-refractivity contribution in [3.8, 4) is 17.2 Å². The van der Waals surface area contributed by atoms with Crippen LogP contribution in [0.25, 0.3) is 11.0 Å². The monoisotopic (exact) mass is 575 g/mol. The molecule has 12 heteroatoms. The van der Waals surface area contributed by atoms with Crippen LogP contribution in [0.15, 0.2) is 48.7 Å². The average Bonchev–Trinajstić information content (AvgIpc) is 3.38. The number of fused-ring (bicyclic) bond motifs is 1. The molecule has 12 nitrogen and oxygen atoms in total. The van der Waals surface area contributed by atoms with Crippen molar-refractivity contribution in [3.05, 3.63) is 59.8 Å². The van der Waals surface area contributed by atoms with Gasteiger partial charge in [0.15, 0.2) is 11.3 Å². The Morgan fingerprint density at radius 3 is 2.45 bits per heavy atom. The van der Waals surface area contributed by atoms with Crippen LogP contribution in [0, 0.1) is 0 Å². The van der Waals surface area contributed by atoms with Gasteiger partial charge in [0.05, 0.1) is 32.6 Å². The standard InChI is InChI=1S/C30H41N9O3/c1-3-4-27(31)34-29-28-25(33-30(32)35-29)20-39(36-28)19-22-7-10-24(17-26(22)41-2)42-23-8-5-21(6-9-23)18-38-13-11-37(12-14-38)15-16-40/h5-10,17,20,27,40H,3-4,11-16,18-19,31H2,1-2H3,(H3,32,33,34,35). The van der Waals surface area contributed by atoms with Crippen molar-refractivity contribution < 1.29 is 14.6 Å². The molecule has 4 aromatic rings. The second-order valence-corrected chi connectivity index (χ2v) is 10.6. The lowest BCUT2D eigenvalue weighted by atomic mass is 10.1. The number of β-amino-alcohol motifs (C(OH)–C–C–N with tert-alkyl or cyclic N) is 1. The number of rotatable bonds is 13. The summed E-state index contributed by atoms with van der Waals surface area (Å²) in [5, 5.41) is 17.0. The van der Waals surface area contributed by atoms with Gasteiger partial charge in [0.2, 0.25) is 5.95 Å². The zero-order chi connectivity index (χ0) is 29.5. The molecule has 0 radical (unpaired) electrons. The zero-order valence-corrected chi connectivity index (χ0v) is 24.4. The van der Waals surface area contributed by atoms with Crippen LogP contribution in [0.3, 0.4) is 0 Å². The lowest BCUT2D eigenvalue weighted by molar-refractivity contribution is 0.108. The SMILES string of the molecule is CCCC(N)Nc1nc(N)nc2cn(Cc3ccc(Oc4ccc(CN5CCN(CCO)CC5)cc4)cc3OC)nc12. The quantitative estimate of drug-likeness (QED) is 0.174. The molecule has 3 heterocycles. The molecule has 2 aromatic carbocycles. The maximum atomic E-state index is 9.14. The zero-order valence-electron chi connectivity index (χ0n) is 24.4. The molecule has 2 aromatic heterocycles. The van der Waals surface area contributed by atoms with Gasteiger partial charge < -0.3 is 31.4 Å². The van der Waals surface area contributed by atoms with Crippen LogP contribution in [-0.2, 0) is 13.1 Å².